The molecule has 0 aliphatic carbocycles. The van der Waals surface area contributed by atoms with Gasteiger partial charge in [-0.15, -0.1) is 6.20 Å². The molecule has 1 nitrogen and oxygen atoms in total. The second-order valence-corrected chi connectivity index (χ2v) is 3.28. The van der Waals surface area contributed by atoms with Gasteiger partial charge < -0.3 is 10.9 Å². The summed E-state index contributed by atoms with van der Waals surface area (Å²) in [6.07, 6.45) is 4.56. The van der Waals surface area contributed by atoms with E-state index in [1.165, 1.54) is 5.92 Å². The second-order valence-electron chi connectivity index (χ2n) is 3.28. The number of aromatic amines is 1. The van der Waals surface area contributed by atoms with Gasteiger partial charge in [0.05, 0.1) is 0 Å². The summed E-state index contributed by atoms with van der Waals surface area (Å²) in [5, 5.41) is 0. The summed E-state index contributed by atoms with van der Waals surface area (Å²) in [5.41, 5.74) is 0. The SMILES string of the molecule is C[C-](C)C.[Ru+3].[c-]1ccc[nH]1.c1cc[cH-]c1. The number of hydrogen-bond donors (Lipinski definition) is 1. The van der Waals surface area contributed by atoms with Crippen molar-refractivity contribution < 1.29 is 19.5 Å². The van der Waals surface area contributed by atoms with Crippen molar-refractivity contribution in [3.63, 3.8) is 0 Å². The predicted molar refractivity (Wildman–Crippen MR) is 61.9 cm³/mol. The van der Waals surface area contributed by atoms with E-state index in [0.717, 1.165) is 0 Å². The van der Waals surface area contributed by atoms with Crippen LogP contribution in [0.3, 0.4) is 0 Å². The van der Waals surface area contributed by atoms with Crippen molar-refractivity contribution in [3.05, 3.63) is 60.8 Å². The Hall–Kier alpha value is -0.747. The van der Waals surface area contributed by atoms with Crippen molar-refractivity contribution in [1.82, 2.24) is 4.98 Å². The Kier molecular flexibility index (Phi) is 14.7. The third-order valence-corrected chi connectivity index (χ3v) is 0.998. The van der Waals surface area contributed by atoms with Crippen LogP contribution in [0, 0.1) is 12.1 Å². The van der Waals surface area contributed by atoms with Crippen molar-refractivity contribution in [2.45, 2.75) is 20.8 Å². The fourth-order valence-electron chi connectivity index (χ4n) is 0.561. The van der Waals surface area contributed by atoms with E-state index in [-0.39, 0.29) is 19.5 Å². The normalized spacial score (nSPS) is 7.73. The maximum Gasteiger partial charge on any atom is 3.00 e. The number of hydrogen-bond acceptors (Lipinski definition) is 0. The van der Waals surface area contributed by atoms with Gasteiger partial charge in [0.25, 0.3) is 0 Å². The Morgan fingerprint density at radius 3 is 1.73 bits per heavy atom. The Bertz CT molecular complexity index is 182. The van der Waals surface area contributed by atoms with E-state index in [0.29, 0.717) is 0 Å². The molecule has 0 atom stereocenters. The third-order valence-electron chi connectivity index (χ3n) is 0.998. The topological polar surface area (TPSA) is 15.8 Å². The number of H-pyrrole nitrogens is 1. The number of aromatic nitrogens is 1. The minimum absolute atomic E-state index is 0. The summed E-state index contributed by atoms with van der Waals surface area (Å²) >= 11 is 0. The van der Waals surface area contributed by atoms with E-state index >= 15 is 0 Å². The van der Waals surface area contributed by atoms with Gasteiger partial charge in [-0.1, -0.05) is 0 Å². The van der Waals surface area contributed by atoms with Gasteiger partial charge >= 0.3 is 19.5 Å². The smallest absolute Gasteiger partial charge is 0.484 e. The molecule has 0 unspecified atom stereocenters. The molecule has 0 fully saturated rings. The Morgan fingerprint density at radius 1 is 1.07 bits per heavy atom. The maximum atomic E-state index is 2.74. The first-order chi connectivity index (χ1) is 6.73. The average molecular weight is 289 g/mol. The average Bonchev–Trinajstić information content (AvgIpc) is 2.83. The van der Waals surface area contributed by atoms with Crippen LogP contribution < -0.4 is 0 Å². The van der Waals surface area contributed by atoms with Gasteiger partial charge in [-0.05, 0) is 0 Å². The van der Waals surface area contributed by atoms with Crippen LogP contribution in [0.5, 0.6) is 0 Å². The fraction of sp³-hybridized carbons (Fsp3) is 0.231. The Labute approximate surface area is 106 Å². The van der Waals surface area contributed by atoms with Crippen molar-refractivity contribution in [2.75, 3.05) is 0 Å². The van der Waals surface area contributed by atoms with Crippen molar-refractivity contribution >= 4 is 0 Å². The fourth-order valence-corrected chi connectivity index (χ4v) is 0.561. The third kappa shape index (κ3) is 19.6. The van der Waals surface area contributed by atoms with Gasteiger partial charge in [0, 0.05) is 0 Å². The van der Waals surface area contributed by atoms with Crippen LogP contribution in [0.1, 0.15) is 20.8 Å². The Balaban J connectivity index is 0. The molecule has 2 aromatic rings. The summed E-state index contributed by atoms with van der Waals surface area (Å²) in [4.78, 5) is 2.74. The van der Waals surface area contributed by atoms with Crippen LogP contribution in [0.4, 0.5) is 0 Å². The van der Waals surface area contributed by atoms with Gasteiger partial charge in [-0.25, -0.2) is 12.1 Å². The van der Waals surface area contributed by atoms with Crippen LogP contribution >= 0.6 is 0 Å². The van der Waals surface area contributed by atoms with Crippen LogP contribution in [-0.4, -0.2) is 4.98 Å². The van der Waals surface area contributed by atoms with E-state index in [9.17, 15) is 0 Å². The predicted octanol–water partition coefficient (Wildman–Crippen LogP) is 3.84. The van der Waals surface area contributed by atoms with Crippen molar-refractivity contribution in [1.29, 1.82) is 0 Å². The molecule has 0 spiro atoms. The standard InChI is InChI=1S/C5H5.C4H4N.C4H9.Ru/c2*1-2-4-5-3-1;1-4(2)3;/h1-5H;1-3,5H;1-3H3;/q3*-1;+3. The van der Waals surface area contributed by atoms with E-state index in [4.69, 9.17) is 0 Å². The molecule has 1 N–H and O–H groups in total. The van der Waals surface area contributed by atoms with Crippen molar-refractivity contribution in [3.8, 4) is 0 Å². The molecule has 1 radical (unpaired) electrons. The number of rotatable bonds is 0. The molecule has 0 saturated carbocycles. The maximum absolute atomic E-state index is 2.74. The van der Waals surface area contributed by atoms with E-state index < -0.39 is 0 Å². The summed E-state index contributed by atoms with van der Waals surface area (Å²) in [6.45, 7) is 6.25. The molecule has 0 bridgehead atoms. The molecule has 2 rings (SSSR count). The molecule has 1 heterocycles. The molecule has 0 saturated heterocycles. The molecular weight excluding hydrogens is 271 g/mol. The zero-order valence-electron chi connectivity index (χ0n) is 9.47. The Morgan fingerprint density at radius 2 is 1.60 bits per heavy atom. The second kappa shape index (κ2) is 13.3. The van der Waals surface area contributed by atoms with Gasteiger partial charge in [0.15, 0.2) is 0 Å². The van der Waals surface area contributed by atoms with E-state index in [1.807, 2.05) is 48.7 Å². The van der Waals surface area contributed by atoms with Crippen LogP contribution in [0.15, 0.2) is 48.7 Å². The monoisotopic (exact) mass is 290 g/mol. The first kappa shape index (κ1) is 16.7. The molecule has 2 heteroatoms. The van der Waals surface area contributed by atoms with Crippen LogP contribution in [0.25, 0.3) is 0 Å². The molecule has 1 aromatic heterocycles. The largest absolute Gasteiger partial charge is 3.00 e. The van der Waals surface area contributed by atoms with E-state index in [2.05, 4.69) is 32.0 Å². The molecule has 0 amide bonds. The molecule has 0 aliphatic heterocycles. The van der Waals surface area contributed by atoms with Crippen LogP contribution in [-0.2, 0) is 19.5 Å². The van der Waals surface area contributed by atoms with Crippen molar-refractivity contribution in [2.24, 2.45) is 0 Å². The summed E-state index contributed by atoms with van der Waals surface area (Å²) in [6, 6.07) is 13.7. The molecule has 83 valence electrons. The van der Waals surface area contributed by atoms with Gasteiger partial charge in [0.2, 0.25) is 0 Å². The van der Waals surface area contributed by atoms with Gasteiger partial charge in [-0.2, -0.15) is 57.3 Å². The zero-order chi connectivity index (χ0) is 10.6. The summed E-state index contributed by atoms with van der Waals surface area (Å²) in [5.74, 6) is 1.42. The summed E-state index contributed by atoms with van der Waals surface area (Å²) in [7, 11) is 0. The van der Waals surface area contributed by atoms with E-state index in [1.54, 1.807) is 0 Å². The molecule has 0 aliphatic rings. The number of nitrogens with one attached hydrogen (secondary N) is 1. The molecular formula is C13H18NRu. The minimum Gasteiger partial charge on any atom is -0.484 e. The first-order valence-electron chi connectivity index (χ1n) is 4.66. The summed E-state index contributed by atoms with van der Waals surface area (Å²) < 4.78 is 0. The molecule has 15 heavy (non-hydrogen) atoms. The van der Waals surface area contributed by atoms with Crippen LogP contribution in [0.2, 0.25) is 0 Å². The quantitative estimate of drug-likeness (QED) is 0.560. The zero-order valence-corrected chi connectivity index (χ0v) is 11.2. The van der Waals surface area contributed by atoms with Gasteiger partial charge in [0.1, 0.15) is 0 Å². The first-order valence-corrected chi connectivity index (χ1v) is 4.66. The van der Waals surface area contributed by atoms with Gasteiger partial charge in [-0.3, -0.25) is 0 Å². The molecule has 1 aromatic carbocycles. The minimum atomic E-state index is 0.